The van der Waals surface area contributed by atoms with Crippen molar-refractivity contribution >= 4 is 43.9 Å². The minimum atomic E-state index is -1.62. The molecule has 6 nitrogen and oxygen atoms in total. The van der Waals surface area contributed by atoms with Gasteiger partial charge in [0.05, 0.1) is 6.61 Å². The number of hydrogen-bond acceptors (Lipinski definition) is 5. The predicted molar refractivity (Wildman–Crippen MR) is 70.7 cm³/mol. The lowest BCUT2D eigenvalue weighted by atomic mass is 10.2. The number of halogens is 2. The van der Waals surface area contributed by atoms with Gasteiger partial charge in [-0.2, -0.15) is 0 Å². The maximum Gasteiger partial charge on any atom is 0.410 e. The Balaban J connectivity index is 2.80. The highest BCUT2D eigenvalue weighted by atomic mass is 79.9. The van der Waals surface area contributed by atoms with Crippen LogP contribution in [0.25, 0.3) is 0 Å². The van der Waals surface area contributed by atoms with Crippen LogP contribution in [0.3, 0.4) is 0 Å². The van der Waals surface area contributed by atoms with Gasteiger partial charge >= 0.3 is 12.1 Å². The number of esters is 1. The van der Waals surface area contributed by atoms with Crippen LogP contribution in [0.2, 0.25) is 0 Å². The lowest BCUT2D eigenvalue weighted by molar-refractivity contribution is -0.193. The standard InChI is InChI=1S/C10H15Br2NO5/c1-9(2,3)18-8(15)13-10(6(11)12)7(14)16-4-5-17-10/h6H,4-5H2,1-3H3,(H,13,15). The Labute approximate surface area is 122 Å². The molecule has 1 aliphatic heterocycles. The highest BCUT2D eigenvalue weighted by Crippen LogP contribution is 2.29. The molecule has 0 bridgehead atoms. The number of carbonyl (C=O) groups excluding carboxylic acids is 2. The molecule has 1 rings (SSSR count). The molecule has 1 amide bonds. The molecule has 1 unspecified atom stereocenters. The number of alkyl carbamates (subject to hydrolysis) is 1. The zero-order valence-corrected chi connectivity index (χ0v) is 13.5. The second kappa shape index (κ2) is 5.75. The summed E-state index contributed by atoms with van der Waals surface area (Å²) in [7, 11) is 0. The molecule has 0 aromatic rings. The Morgan fingerprint density at radius 2 is 2.06 bits per heavy atom. The molecule has 18 heavy (non-hydrogen) atoms. The van der Waals surface area contributed by atoms with Crippen LogP contribution in [0.5, 0.6) is 0 Å². The number of cyclic esters (lactones) is 1. The van der Waals surface area contributed by atoms with Gasteiger partial charge in [0.25, 0.3) is 5.72 Å². The first-order chi connectivity index (χ1) is 8.17. The van der Waals surface area contributed by atoms with Crippen molar-refractivity contribution in [1.82, 2.24) is 5.32 Å². The fraction of sp³-hybridized carbons (Fsp3) is 0.800. The maximum absolute atomic E-state index is 11.8. The third-order valence-electron chi connectivity index (χ3n) is 1.94. The van der Waals surface area contributed by atoms with E-state index >= 15 is 0 Å². The number of ether oxygens (including phenoxy) is 3. The Morgan fingerprint density at radius 1 is 1.44 bits per heavy atom. The number of carbonyl (C=O) groups is 2. The second-order valence-electron chi connectivity index (χ2n) is 4.65. The van der Waals surface area contributed by atoms with Gasteiger partial charge in [-0.05, 0) is 20.8 Å². The zero-order chi connectivity index (χ0) is 14.0. The summed E-state index contributed by atoms with van der Waals surface area (Å²) >= 11 is 6.32. The summed E-state index contributed by atoms with van der Waals surface area (Å²) in [6, 6.07) is 0. The van der Waals surface area contributed by atoms with Gasteiger partial charge in [-0.1, -0.05) is 31.9 Å². The van der Waals surface area contributed by atoms with Crippen LogP contribution in [0, 0.1) is 0 Å². The quantitative estimate of drug-likeness (QED) is 0.577. The summed E-state index contributed by atoms with van der Waals surface area (Å²) in [5, 5.41) is 2.39. The summed E-state index contributed by atoms with van der Waals surface area (Å²) < 4.78 is 14.7. The number of hydrogen-bond donors (Lipinski definition) is 1. The molecule has 8 heteroatoms. The molecule has 1 saturated heterocycles. The molecule has 104 valence electrons. The van der Waals surface area contributed by atoms with Gasteiger partial charge in [0, 0.05) is 0 Å². The molecular weight excluding hydrogens is 374 g/mol. The molecule has 1 fully saturated rings. The molecule has 1 heterocycles. The van der Waals surface area contributed by atoms with E-state index in [-0.39, 0.29) is 13.2 Å². The van der Waals surface area contributed by atoms with Crippen molar-refractivity contribution in [3.8, 4) is 0 Å². The first-order valence-corrected chi connectivity index (χ1v) is 7.11. The number of amides is 1. The molecule has 0 radical (unpaired) electrons. The van der Waals surface area contributed by atoms with Gasteiger partial charge < -0.3 is 14.2 Å². The third kappa shape index (κ3) is 3.83. The fourth-order valence-corrected chi connectivity index (χ4v) is 2.12. The van der Waals surface area contributed by atoms with E-state index in [1.807, 2.05) is 0 Å². The topological polar surface area (TPSA) is 73.9 Å². The van der Waals surface area contributed by atoms with E-state index in [2.05, 4.69) is 37.2 Å². The average molecular weight is 389 g/mol. The lowest BCUT2D eigenvalue weighted by Gasteiger charge is -2.36. The highest BCUT2D eigenvalue weighted by Gasteiger charge is 2.51. The van der Waals surface area contributed by atoms with Gasteiger partial charge in [-0.15, -0.1) is 0 Å². The van der Waals surface area contributed by atoms with Crippen LogP contribution < -0.4 is 5.32 Å². The maximum atomic E-state index is 11.8. The molecule has 1 aliphatic rings. The minimum Gasteiger partial charge on any atom is -0.460 e. The van der Waals surface area contributed by atoms with E-state index in [1.165, 1.54) is 0 Å². The van der Waals surface area contributed by atoms with Crippen LogP contribution in [0.15, 0.2) is 0 Å². The van der Waals surface area contributed by atoms with Crippen LogP contribution in [0.1, 0.15) is 20.8 Å². The van der Waals surface area contributed by atoms with Gasteiger partial charge in [-0.3, -0.25) is 5.32 Å². The minimum absolute atomic E-state index is 0.156. The smallest absolute Gasteiger partial charge is 0.410 e. The van der Waals surface area contributed by atoms with E-state index in [1.54, 1.807) is 20.8 Å². The van der Waals surface area contributed by atoms with Crippen molar-refractivity contribution in [1.29, 1.82) is 0 Å². The number of nitrogens with one attached hydrogen (secondary N) is 1. The summed E-state index contributed by atoms with van der Waals surface area (Å²) in [5.74, 6) is -0.682. The molecule has 1 atom stereocenters. The van der Waals surface area contributed by atoms with E-state index in [0.717, 1.165) is 0 Å². The summed E-state index contributed by atoms with van der Waals surface area (Å²) in [5.41, 5.74) is -2.29. The first kappa shape index (κ1) is 15.7. The van der Waals surface area contributed by atoms with E-state index in [0.29, 0.717) is 0 Å². The van der Waals surface area contributed by atoms with Crippen LogP contribution in [-0.2, 0) is 19.0 Å². The third-order valence-corrected chi connectivity index (χ3v) is 3.23. The van der Waals surface area contributed by atoms with Crippen molar-refractivity contribution < 1.29 is 23.8 Å². The van der Waals surface area contributed by atoms with E-state index in [9.17, 15) is 9.59 Å². The molecule has 0 aromatic carbocycles. The molecular formula is C10H15Br2NO5. The second-order valence-corrected chi connectivity index (χ2v) is 7.71. The molecule has 0 aromatic heterocycles. The van der Waals surface area contributed by atoms with Gasteiger partial charge in [0.2, 0.25) is 0 Å². The normalized spacial score (nSPS) is 24.7. The van der Waals surface area contributed by atoms with Gasteiger partial charge in [0.15, 0.2) is 0 Å². The lowest BCUT2D eigenvalue weighted by Crippen LogP contribution is -2.64. The van der Waals surface area contributed by atoms with Crippen molar-refractivity contribution in [2.75, 3.05) is 13.2 Å². The highest BCUT2D eigenvalue weighted by molar-refractivity contribution is 9.24. The number of alkyl halides is 2. The average Bonchev–Trinajstić information content (AvgIpc) is 2.18. The molecule has 0 spiro atoms. The Bertz CT molecular complexity index is 342. The summed E-state index contributed by atoms with van der Waals surface area (Å²) in [6.45, 7) is 5.51. The molecule has 0 saturated carbocycles. The van der Waals surface area contributed by atoms with Crippen molar-refractivity contribution in [3.63, 3.8) is 0 Å². The molecule has 0 aliphatic carbocycles. The zero-order valence-electron chi connectivity index (χ0n) is 10.3. The number of rotatable bonds is 2. The summed E-state index contributed by atoms with van der Waals surface area (Å²) in [4.78, 5) is 23.5. The largest absolute Gasteiger partial charge is 0.460 e. The van der Waals surface area contributed by atoms with Crippen molar-refractivity contribution in [2.45, 2.75) is 35.8 Å². The van der Waals surface area contributed by atoms with Gasteiger partial charge in [0.1, 0.15) is 15.9 Å². The van der Waals surface area contributed by atoms with Crippen LogP contribution in [0.4, 0.5) is 4.79 Å². The predicted octanol–water partition coefficient (Wildman–Crippen LogP) is 1.90. The SMILES string of the molecule is CC(C)(C)OC(=O)NC1(C(Br)Br)OCCOC1=O. The summed E-state index contributed by atoms with van der Waals surface area (Å²) in [6.07, 6.45) is -0.759. The van der Waals surface area contributed by atoms with Crippen molar-refractivity contribution in [3.05, 3.63) is 0 Å². The monoisotopic (exact) mass is 387 g/mol. The van der Waals surface area contributed by atoms with Crippen molar-refractivity contribution in [2.24, 2.45) is 0 Å². The first-order valence-electron chi connectivity index (χ1n) is 5.28. The van der Waals surface area contributed by atoms with Gasteiger partial charge in [-0.25, -0.2) is 9.59 Å². The Hall–Kier alpha value is -0.340. The van der Waals surface area contributed by atoms with Crippen LogP contribution in [-0.4, -0.2) is 40.3 Å². The molecule has 1 N–H and O–H groups in total. The Kier molecular flexibility index (Phi) is 5.02. The van der Waals surface area contributed by atoms with E-state index in [4.69, 9.17) is 14.2 Å². The Morgan fingerprint density at radius 3 is 2.50 bits per heavy atom. The fourth-order valence-electron chi connectivity index (χ4n) is 1.25. The van der Waals surface area contributed by atoms with Crippen LogP contribution >= 0.6 is 31.9 Å². The van der Waals surface area contributed by atoms with E-state index < -0.39 is 27.1 Å².